The predicted octanol–water partition coefficient (Wildman–Crippen LogP) is 5.72. The number of phenols is 1. The number of aromatic nitrogens is 2. The van der Waals surface area contributed by atoms with E-state index in [2.05, 4.69) is 10.4 Å². The van der Waals surface area contributed by atoms with Gasteiger partial charge in [0.05, 0.1) is 23.5 Å². The van der Waals surface area contributed by atoms with Crippen molar-refractivity contribution in [1.29, 1.82) is 0 Å². The number of methoxy groups -OCH3 is 1. The third kappa shape index (κ3) is 5.82. The van der Waals surface area contributed by atoms with E-state index in [4.69, 9.17) is 39.5 Å². The Bertz CT molecular complexity index is 1400. The second-order valence-electron chi connectivity index (χ2n) is 7.85. The third-order valence-corrected chi connectivity index (χ3v) is 6.18. The molecule has 4 aromatic rings. The van der Waals surface area contributed by atoms with E-state index in [1.807, 2.05) is 0 Å². The second-order valence-corrected chi connectivity index (χ2v) is 9.13. The first-order valence-corrected chi connectivity index (χ1v) is 11.9. The van der Waals surface area contributed by atoms with Crippen molar-refractivity contribution in [3.63, 3.8) is 0 Å². The molecular weight excluding hydrogens is 525 g/mol. The lowest BCUT2D eigenvalue weighted by molar-refractivity contribution is -0.142. The number of nitrogens with one attached hydrogen (secondary N) is 1. The van der Waals surface area contributed by atoms with Crippen LogP contribution in [0.2, 0.25) is 15.1 Å². The Morgan fingerprint density at radius 1 is 0.972 bits per heavy atom. The number of halogens is 3. The zero-order valence-electron chi connectivity index (χ0n) is 18.9. The maximum Gasteiger partial charge on any atom is 0.328 e. The molecule has 3 aromatic carbocycles. The van der Waals surface area contributed by atoms with Crippen LogP contribution in [-0.2, 0) is 16.0 Å². The van der Waals surface area contributed by atoms with E-state index >= 15 is 0 Å². The molecule has 0 saturated carbocycles. The number of nitrogens with zero attached hydrogens (tertiary/aromatic N) is 2. The largest absolute Gasteiger partial charge is 0.508 e. The molecule has 1 atom stereocenters. The highest BCUT2D eigenvalue weighted by Crippen LogP contribution is 2.30. The van der Waals surface area contributed by atoms with Crippen molar-refractivity contribution in [2.24, 2.45) is 0 Å². The molecule has 184 valence electrons. The zero-order chi connectivity index (χ0) is 25.8. The molecule has 0 aliphatic heterocycles. The van der Waals surface area contributed by atoms with E-state index in [1.54, 1.807) is 60.7 Å². The Kier molecular flexibility index (Phi) is 7.84. The van der Waals surface area contributed by atoms with Crippen LogP contribution in [-0.4, -0.2) is 39.9 Å². The lowest BCUT2D eigenvalue weighted by Gasteiger charge is -2.16. The molecule has 0 aliphatic rings. The summed E-state index contributed by atoms with van der Waals surface area (Å²) in [5, 5.41) is 18.0. The summed E-state index contributed by atoms with van der Waals surface area (Å²) in [5.41, 5.74) is 2.62. The first-order chi connectivity index (χ1) is 17.2. The molecule has 1 aromatic heterocycles. The Balaban J connectivity index is 1.70. The Hall–Kier alpha value is -3.52. The molecule has 1 heterocycles. The van der Waals surface area contributed by atoms with Gasteiger partial charge >= 0.3 is 5.97 Å². The van der Waals surface area contributed by atoms with Crippen LogP contribution in [0.4, 0.5) is 0 Å². The fraction of sp³-hybridized carbons (Fsp3) is 0.115. The van der Waals surface area contributed by atoms with Crippen molar-refractivity contribution in [3.05, 3.63) is 99.1 Å². The molecule has 0 saturated heterocycles. The highest BCUT2D eigenvalue weighted by molar-refractivity contribution is 6.35. The molecule has 0 bridgehead atoms. The highest BCUT2D eigenvalue weighted by Gasteiger charge is 2.25. The molecule has 0 spiro atoms. The van der Waals surface area contributed by atoms with Gasteiger partial charge in [-0.2, -0.15) is 5.10 Å². The maximum atomic E-state index is 13.2. The molecular formula is C26H20Cl3N3O4. The number of esters is 1. The number of hydrogen-bond donors (Lipinski definition) is 2. The highest BCUT2D eigenvalue weighted by atomic mass is 35.5. The van der Waals surface area contributed by atoms with Gasteiger partial charge < -0.3 is 15.2 Å². The molecule has 36 heavy (non-hydrogen) atoms. The normalized spacial score (nSPS) is 11.7. The minimum absolute atomic E-state index is 0.0607. The SMILES string of the molecule is COC(=O)[C@H](Cc1ccc(O)cc1)NC(=O)c1cc(-c2ccc(Cl)cc2)n(-c2ccc(Cl)cc2Cl)n1. The number of benzene rings is 3. The number of rotatable bonds is 7. The zero-order valence-corrected chi connectivity index (χ0v) is 21.2. The number of amides is 1. The first kappa shape index (κ1) is 25.6. The summed E-state index contributed by atoms with van der Waals surface area (Å²) in [4.78, 5) is 25.7. The average molecular weight is 545 g/mol. The Morgan fingerprint density at radius 3 is 2.28 bits per heavy atom. The van der Waals surface area contributed by atoms with E-state index in [0.717, 1.165) is 11.1 Å². The van der Waals surface area contributed by atoms with Gasteiger partial charge in [-0.05, 0) is 54.1 Å². The van der Waals surface area contributed by atoms with Crippen LogP contribution in [0.1, 0.15) is 16.1 Å². The van der Waals surface area contributed by atoms with E-state index in [9.17, 15) is 14.7 Å². The predicted molar refractivity (Wildman–Crippen MR) is 139 cm³/mol. The number of carbonyl (C=O) groups is 2. The van der Waals surface area contributed by atoms with Crippen LogP contribution in [0.15, 0.2) is 72.8 Å². The van der Waals surface area contributed by atoms with Crippen molar-refractivity contribution >= 4 is 46.7 Å². The van der Waals surface area contributed by atoms with Crippen LogP contribution < -0.4 is 5.32 Å². The van der Waals surface area contributed by atoms with Crippen molar-refractivity contribution < 1.29 is 19.4 Å². The van der Waals surface area contributed by atoms with Crippen LogP contribution in [0, 0.1) is 0 Å². The standard InChI is InChI=1S/C26H20Cl3N3O4/c1-36-26(35)22(12-15-2-9-19(33)10-3-15)30-25(34)21-14-24(16-4-6-17(27)7-5-16)32(31-21)23-11-8-18(28)13-20(23)29/h2-11,13-14,22,33H,12H2,1H3,(H,30,34)/t22-/m0/s1. The molecule has 0 unspecified atom stereocenters. The average Bonchev–Trinajstić information content (AvgIpc) is 3.30. The fourth-order valence-electron chi connectivity index (χ4n) is 3.59. The number of aromatic hydroxyl groups is 1. The molecule has 0 fully saturated rings. The van der Waals surface area contributed by atoms with Gasteiger partial charge in [0.1, 0.15) is 11.8 Å². The molecule has 0 aliphatic carbocycles. The Labute approximate surface area is 222 Å². The summed E-state index contributed by atoms with van der Waals surface area (Å²) >= 11 is 18.5. The lowest BCUT2D eigenvalue weighted by atomic mass is 10.1. The summed E-state index contributed by atoms with van der Waals surface area (Å²) in [6, 6.07) is 18.9. The smallest absolute Gasteiger partial charge is 0.328 e. The van der Waals surface area contributed by atoms with Crippen molar-refractivity contribution in [3.8, 4) is 22.7 Å². The van der Waals surface area contributed by atoms with Gasteiger partial charge in [0.25, 0.3) is 5.91 Å². The molecule has 7 nitrogen and oxygen atoms in total. The van der Waals surface area contributed by atoms with Crippen molar-refractivity contribution in [1.82, 2.24) is 15.1 Å². The van der Waals surface area contributed by atoms with Gasteiger partial charge in [0, 0.05) is 22.0 Å². The molecule has 10 heteroatoms. The fourth-order valence-corrected chi connectivity index (χ4v) is 4.21. The topological polar surface area (TPSA) is 93.5 Å². The van der Waals surface area contributed by atoms with Crippen molar-refractivity contribution in [2.45, 2.75) is 12.5 Å². The van der Waals surface area contributed by atoms with E-state index < -0.39 is 17.9 Å². The van der Waals surface area contributed by atoms with E-state index in [0.29, 0.717) is 26.4 Å². The summed E-state index contributed by atoms with van der Waals surface area (Å²) in [6.45, 7) is 0. The quantitative estimate of drug-likeness (QED) is 0.290. The van der Waals surface area contributed by atoms with Gasteiger partial charge in [-0.1, -0.05) is 59.1 Å². The maximum absolute atomic E-state index is 13.2. The summed E-state index contributed by atoms with van der Waals surface area (Å²) in [5.74, 6) is -1.10. The van der Waals surface area contributed by atoms with E-state index in [-0.39, 0.29) is 17.9 Å². The summed E-state index contributed by atoms with van der Waals surface area (Å²) in [6.07, 6.45) is 0.159. The Morgan fingerprint density at radius 2 is 1.64 bits per heavy atom. The second kappa shape index (κ2) is 11.0. The van der Waals surface area contributed by atoms with Gasteiger partial charge in [0.2, 0.25) is 0 Å². The minimum Gasteiger partial charge on any atom is -0.508 e. The number of ether oxygens (including phenoxy) is 1. The first-order valence-electron chi connectivity index (χ1n) is 10.7. The summed E-state index contributed by atoms with van der Waals surface area (Å²) < 4.78 is 6.41. The molecule has 2 N–H and O–H groups in total. The van der Waals surface area contributed by atoms with E-state index in [1.165, 1.54) is 23.9 Å². The lowest BCUT2D eigenvalue weighted by Crippen LogP contribution is -2.43. The minimum atomic E-state index is -0.977. The van der Waals surface area contributed by atoms with Crippen LogP contribution in [0.3, 0.4) is 0 Å². The summed E-state index contributed by atoms with van der Waals surface area (Å²) in [7, 11) is 1.24. The number of phenolic OH excluding ortho intramolecular Hbond substituents is 1. The van der Waals surface area contributed by atoms with Crippen LogP contribution in [0.25, 0.3) is 16.9 Å². The van der Waals surface area contributed by atoms with Gasteiger partial charge in [-0.25, -0.2) is 9.48 Å². The number of carbonyl (C=O) groups excluding carboxylic acids is 2. The molecule has 0 radical (unpaired) electrons. The molecule has 1 amide bonds. The third-order valence-electron chi connectivity index (χ3n) is 5.39. The molecule has 4 rings (SSSR count). The monoisotopic (exact) mass is 543 g/mol. The van der Waals surface area contributed by atoms with Crippen LogP contribution >= 0.6 is 34.8 Å². The van der Waals surface area contributed by atoms with Gasteiger partial charge in [-0.15, -0.1) is 0 Å². The van der Waals surface area contributed by atoms with Gasteiger partial charge in [0.15, 0.2) is 5.69 Å². The van der Waals surface area contributed by atoms with Crippen molar-refractivity contribution in [2.75, 3.05) is 7.11 Å². The van der Waals surface area contributed by atoms with Gasteiger partial charge in [-0.3, -0.25) is 4.79 Å². The van der Waals surface area contributed by atoms with Crippen LogP contribution in [0.5, 0.6) is 5.75 Å². The number of hydrogen-bond acceptors (Lipinski definition) is 5.